The number of nitrogen functional groups attached to an aromatic ring is 1. The van der Waals surface area contributed by atoms with Crippen LogP contribution in [-0.4, -0.2) is 31.7 Å². The van der Waals surface area contributed by atoms with E-state index in [1.165, 1.54) is 17.1 Å². The summed E-state index contributed by atoms with van der Waals surface area (Å²) < 4.78 is 22.4. The Kier molecular flexibility index (Phi) is 6.18. The van der Waals surface area contributed by atoms with Crippen LogP contribution in [0.4, 0.5) is 10.2 Å². The molecule has 0 saturated heterocycles. The molecule has 0 spiro atoms. The highest BCUT2D eigenvalue weighted by Gasteiger charge is 2.21. The lowest BCUT2D eigenvalue weighted by molar-refractivity contribution is -0.117. The molecule has 9 nitrogen and oxygen atoms in total. The number of nitrogens with zero attached hydrogens (tertiary/aromatic N) is 5. The Balaban J connectivity index is 1.67. The van der Waals surface area contributed by atoms with Crippen LogP contribution in [0.3, 0.4) is 0 Å². The highest BCUT2D eigenvalue weighted by atomic mass is 19.1. The van der Waals surface area contributed by atoms with Gasteiger partial charge in [-0.25, -0.2) is 19.0 Å². The zero-order chi connectivity index (χ0) is 24.2. The van der Waals surface area contributed by atoms with Gasteiger partial charge in [-0.3, -0.25) is 4.79 Å². The third-order valence-corrected chi connectivity index (χ3v) is 4.97. The molecule has 0 bridgehead atoms. The fraction of sp³-hybridized carbons (Fsp3) is 0.125. The van der Waals surface area contributed by atoms with Crippen LogP contribution in [0.15, 0.2) is 67.0 Å². The van der Waals surface area contributed by atoms with Gasteiger partial charge >= 0.3 is 0 Å². The molecule has 1 atom stereocenters. The summed E-state index contributed by atoms with van der Waals surface area (Å²) in [5, 5.41) is 16.4. The zero-order valence-electron chi connectivity index (χ0n) is 18.2. The van der Waals surface area contributed by atoms with Gasteiger partial charge in [0.1, 0.15) is 46.8 Å². The lowest BCUT2D eigenvalue weighted by Crippen LogP contribution is -2.36. The summed E-state index contributed by atoms with van der Waals surface area (Å²) in [7, 11) is 0. The highest BCUT2D eigenvalue weighted by Crippen LogP contribution is 2.34. The first kappa shape index (κ1) is 22.4. The molecule has 4 rings (SSSR count). The minimum atomic E-state index is -0.583. The minimum Gasteiger partial charge on any atom is -0.457 e. The second kappa shape index (κ2) is 9.38. The van der Waals surface area contributed by atoms with E-state index in [9.17, 15) is 4.79 Å². The Labute approximate surface area is 194 Å². The number of carbonyl (C=O) groups excluding carboxylic acids is 1. The number of ether oxygens (including phenoxy) is 1. The van der Waals surface area contributed by atoms with E-state index in [0.717, 1.165) is 0 Å². The van der Waals surface area contributed by atoms with Gasteiger partial charge in [0.25, 0.3) is 5.91 Å². The van der Waals surface area contributed by atoms with Crippen molar-refractivity contribution in [3.63, 3.8) is 0 Å². The molecule has 2 aromatic carbocycles. The van der Waals surface area contributed by atoms with E-state index in [4.69, 9.17) is 15.7 Å². The number of nitrogens with one attached hydrogen (secondary N) is 1. The van der Waals surface area contributed by atoms with Crippen molar-refractivity contribution in [1.82, 2.24) is 25.1 Å². The fourth-order valence-corrected chi connectivity index (χ4v) is 3.39. The van der Waals surface area contributed by atoms with Crippen LogP contribution < -0.4 is 15.8 Å². The summed E-state index contributed by atoms with van der Waals surface area (Å²) >= 11 is 0. The first-order valence-electron chi connectivity index (χ1n) is 10.3. The Hall–Kier alpha value is -4.78. The number of fused-ring (bicyclic) bond motifs is 1. The number of halogens is 1. The van der Waals surface area contributed by atoms with E-state index >= 15 is 4.39 Å². The molecule has 0 aliphatic carbocycles. The van der Waals surface area contributed by atoms with Gasteiger partial charge in [-0.15, -0.1) is 0 Å². The number of hydrogen-bond donors (Lipinski definition) is 2. The predicted molar refractivity (Wildman–Crippen MR) is 124 cm³/mol. The van der Waals surface area contributed by atoms with Gasteiger partial charge in [0, 0.05) is 17.7 Å². The second-order valence-electron chi connectivity index (χ2n) is 7.51. The van der Waals surface area contributed by atoms with Crippen LogP contribution in [0.25, 0.3) is 22.3 Å². The van der Waals surface area contributed by atoms with Gasteiger partial charge in [0.15, 0.2) is 5.65 Å². The quantitative estimate of drug-likeness (QED) is 0.320. The Bertz CT molecular complexity index is 1430. The molecule has 3 N–H and O–H groups in total. The number of anilines is 1. The van der Waals surface area contributed by atoms with Crippen molar-refractivity contribution in [2.75, 3.05) is 5.73 Å². The number of rotatable bonds is 7. The third kappa shape index (κ3) is 4.54. The number of para-hydroxylation sites is 1. The molecular weight excluding hydrogens is 437 g/mol. The van der Waals surface area contributed by atoms with Crippen molar-refractivity contribution >= 4 is 22.8 Å². The van der Waals surface area contributed by atoms with Crippen molar-refractivity contribution in [3.8, 4) is 28.8 Å². The molecule has 170 valence electrons. The molecular formula is C24H20FN7O2. The number of nitriles is 1. The first-order valence-corrected chi connectivity index (χ1v) is 10.3. The molecule has 0 unspecified atom stereocenters. The van der Waals surface area contributed by atoms with Crippen molar-refractivity contribution in [1.29, 1.82) is 5.26 Å². The summed E-state index contributed by atoms with van der Waals surface area (Å²) in [4.78, 5) is 20.2. The number of amides is 1. The van der Waals surface area contributed by atoms with Gasteiger partial charge in [-0.05, 0) is 31.2 Å². The SMILES string of the molecule is C=C(C#N)C(=O)N[C@@H](C)Cn1nc(-c2ccc(Oc3ccccc3)cc2F)c2c(N)ncnc21. The van der Waals surface area contributed by atoms with E-state index in [0.29, 0.717) is 22.5 Å². The lowest BCUT2D eigenvalue weighted by Gasteiger charge is -2.13. The number of aromatic nitrogens is 4. The van der Waals surface area contributed by atoms with Crippen molar-refractivity contribution in [3.05, 3.63) is 72.8 Å². The molecule has 34 heavy (non-hydrogen) atoms. The highest BCUT2D eigenvalue weighted by molar-refractivity contribution is 5.98. The van der Waals surface area contributed by atoms with Gasteiger partial charge in [-0.1, -0.05) is 24.8 Å². The van der Waals surface area contributed by atoms with Crippen LogP contribution in [0.1, 0.15) is 6.92 Å². The smallest absolute Gasteiger partial charge is 0.261 e. The zero-order valence-corrected chi connectivity index (χ0v) is 18.2. The lowest BCUT2D eigenvalue weighted by atomic mass is 10.1. The maximum atomic E-state index is 15.2. The molecule has 0 radical (unpaired) electrons. The van der Waals surface area contributed by atoms with Crippen molar-refractivity contribution in [2.24, 2.45) is 0 Å². The number of nitrogens with two attached hydrogens (primary N) is 1. The summed E-state index contributed by atoms with van der Waals surface area (Å²) in [5.74, 6) is -0.0906. The molecule has 0 aliphatic heterocycles. The van der Waals surface area contributed by atoms with Gasteiger partial charge < -0.3 is 15.8 Å². The van der Waals surface area contributed by atoms with Gasteiger partial charge in [0.2, 0.25) is 0 Å². The van der Waals surface area contributed by atoms with Crippen LogP contribution in [-0.2, 0) is 11.3 Å². The summed E-state index contributed by atoms with van der Waals surface area (Å²) in [5.41, 5.74) is 6.72. The number of benzene rings is 2. The molecule has 0 fully saturated rings. The summed E-state index contributed by atoms with van der Waals surface area (Å²) in [6.07, 6.45) is 1.29. The van der Waals surface area contributed by atoms with Crippen molar-refractivity contribution < 1.29 is 13.9 Å². The van der Waals surface area contributed by atoms with E-state index in [2.05, 4.69) is 27.0 Å². The van der Waals surface area contributed by atoms with E-state index in [-0.39, 0.29) is 29.2 Å². The van der Waals surface area contributed by atoms with E-state index in [1.54, 1.807) is 37.3 Å². The molecule has 0 saturated carbocycles. The van der Waals surface area contributed by atoms with Gasteiger partial charge in [-0.2, -0.15) is 10.4 Å². The molecule has 2 heterocycles. The first-order chi connectivity index (χ1) is 16.4. The molecule has 1 amide bonds. The molecule has 4 aromatic rings. The summed E-state index contributed by atoms with van der Waals surface area (Å²) in [6, 6.07) is 14.8. The van der Waals surface area contributed by atoms with Crippen LogP contribution >= 0.6 is 0 Å². The average Bonchev–Trinajstić information content (AvgIpc) is 3.18. The number of hydrogen-bond acceptors (Lipinski definition) is 7. The normalized spacial score (nSPS) is 11.6. The molecule has 2 aromatic heterocycles. The summed E-state index contributed by atoms with van der Waals surface area (Å²) in [6.45, 7) is 5.32. The topological polar surface area (TPSA) is 132 Å². The van der Waals surface area contributed by atoms with Crippen molar-refractivity contribution in [2.45, 2.75) is 19.5 Å². The fourth-order valence-electron chi connectivity index (χ4n) is 3.39. The second-order valence-corrected chi connectivity index (χ2v) is 7.51. The van der Waals surface area contributed by atoms with Crippen LogP contribution in [0.5, 0.6) is 11.5 Å². The monoisotopic (exact) mass is 457 g/mol. The van der Waals surface area contributed by atoms with Crippen LogP contribution in [0.2, 0.25) is 0 Å². The molecule has 0 aliphatic rings. The minimum absolute atomic E-state index is 0.143. The van der Waals surface area contributed by atoms with E-state index < -0.39 is 17.8 Å². The predicted octanol–water partition coefficient (Wildman–Crippen LogP) is 3.59. The average molecular weight is 457 g/mol. The Morgan fingerprint density at radius 2 is 2.03 bits per heavy atom. The maximum Gasteiger partial charge on any atom is 0.261 e. The standard InChI is InChI=1S/C24H20FN7O2/c1-14(11-26)24(33)30-15(2)12-32-23-20(22(27)28-13-29-23)21(31-32)18-9-8-17(10-19(18)25)34-16-6-4-3-5-7-16/h3-10,13,15H,1,12H2,2H3,(H,30,33)(H2,27,28,29)/t15-/m0/s1. The number of carbonyl (C=O) groups is 1. The Morgan fingerprint density at radius 3 is 2.74 bits per heavy atom. The Morgan fingerprint density at radius 1 is 1.26 bits per heavy atom. The van der Waals surface area contributed by atoms with E-state index in [1.807, 2.05) is 18.2 Å². The molecule has 10 heteroatoms. The largest absolute Gasteiger partial charge is 0.457 e. The third-order valence-electron chi connectivity index (χ3n) is 4.97. The van der Waals surface area contributed by atoms with Crippen LogP contribution in [0, 0.1) is 17.1 Å². The maximum absolute atomic E-state index is 15.2. The van der Waals surface area contributed by atoms with Gasteiger partial charge in [0.05, 0.1) is 11.9 Å².